The van der Waals surface area contributed by atoms with E-state index in [0.29, 0.717) is 48.9 Å². The van der Waals surface area contributed by atoms with Crippen molar-refractivity contribution in [2.45, 2.75) is 123 Å². The van der Waals surface area contributed by atoms with E-state index in [4.69, 9.17) is 14.7 Å². The fourth-order valence-corrected chi connectivity index (χ4v) is 10.9. The van der Waals surface area contributed by atoms with Gasteiger partial charge in [-0.25, -0.2) is 10.3 Å². The number of nitrogens with one attached hydrogen (secondary N) is 1. The van der Waals surface area contributed by atoms with E-state index in [1.165, 1.54) is 19.8 Å². The maximum absolute atomic E-state index is 12.7. The number of hydroxylamine groups is 1. The van der Waals surface area contributed by atoms with Crippen molar-refractivity contribution in [1.29, 1.82) is 0 Å². The van der Waals surface area contributed by atoms with Crippen LogP contribution in [0.4, 0.5) is 0 Å². The number of hydrogen-bond acceptors (Lipinski definition) is 9. The molecule has 0 radical (unpaired) electrons. The van der Waals surface area contributed by atoms with E-state index in [2.05, 4.69) is 20.8 Å². The number of Topliss-reactive ketones (excluding diaryl/α,β-unsaturated/α-hetero) is 1. The van der Waals surface area contributed by atoms with E-state index >= 15 is 0 Å². The molecule has 1 amide bonds. The molecule has 49 heavy (non-hydrogen) atoms. The first-order chi connectivity index (χ1) is 23.3. The van der Waals surface area contributed by atoms with E-state index in [1.807, 2.05) is 0 Å². The number of amides is 1. The highest BCUT2D eigenvalue weighted by Gasteiger charge is 2.63. The standard InChI is InChI=1S/C39H57NO9/c1-23(31-13-14-32-30-12-11-28-20-29(42)17-18-38(28,3)33(30)21-34(43)39(31,32)4)5-16-36(45)48-22-49-37(46)26-8-6-25(7-9-26)19-27(24(2)41)10-15-35(44)40-47/h6-9,23,27-34,42-43,47H,5,10-22H2,1-4H3,(H,40,44)/t23-,27?,28-,29-,30?,31?,32?,33?,34+,38+,39-/m1/s1. The van der Waals surface area contributed by atoms with Gasteiger partial charge in [0.25, 0.3) is 0 Å². The van der Waals surface area contributed by atoms with Gasteiger partial charge in [0.05, 0.1) is 17.8 Å². The molecule has 10 nitrogen and oxygen atoms in total. The van der Waals surface area contributed by atoms with Gasteiger partial charge in [-0.15, -0.1) is 0 Å². The zero-order valence-corrected chi connectivity index (χ0v) is 29.7. The molecule has 0 heterocycles. The number of aliphatic hydroxyl groups excluding tert-OH is 2. The van der Waals surface area contributed by atoms with Gasteiger partial charge in [0.2, 0.25) is 12.7 Å². The predicted octanol–water partition coefficient (Wildman–Crippen LogP) is 5.78. The summed E-state index contributed by atoms with van der Waals surface area (Å²) in [5.74, 6) is 0.662. The average molecular weight is 684 g/mol. The predicted molar refractivity (Wildman–Crippen MR) is 181 cm³/mol. The fourth-order valence-electron chi connectivity index (χ4n) is 10.9. The van der Waals surface area contributed by atoms with Gasteiger partial charge in [-0.2, -0.15) is 0 Å². The number of ketones is 1. The van der Waals surface area contributed by atoms with E-state index in [-0.39, 0.29) is 53.1 Å². The molecule has 0 saturated heterocycles. The lowest BCUT2D eigenvalue weighted by Crippen LogP contribution is -2.58. The minimum atomic E-state index is -0.628. The van der Waals surface area contributed by atoms with E-state index in [9.17, 15) is 29.4 Å². The lowest BCUT2D eigenvalue weighted by Gasteiger charge is -2.62. The first kappa shape index (κ1) is 37.4. The summed E-state index contributed by atoms with van der Waals surface area (Å²) in [7, 11) is 0. The molecule has 0 bridgehead atoms. The Bertz CT molecular complexity index is 1350. The zero-order valence-electron chi connectivity index (χ0n) is 29.7. The minimum Gasteiger partial charge on any atom is -0.428 e. The number of benzene rings is 1. The molecule has 0 aliphatic heterocycles. The van der Waals surface area contributed by atoms with Crippen LogP contribution in [0.5, 0.6) is 0 Å². The highest BCUT2D eigenvalue weighted by atomic mass is 16.7. The van der Waals surface area contributed by atoms with Crippen molar-refractivity contribution >= 4 is 23.6 Å². The van der Waals surface area contributed by atoms with Gasteiger partial charge in [0, 0.05) is 18.8 Å². The number of ether oxygens (including phenoxy) is 2. The van der Waals surface area contributed by atoms with Gasteiger partial charge >= 0.3 is 11.9 Å². The SMILES string of the molecule is CC(=O)C(CCC(=O)NO)Cc1ccc(C(=O)OCOC(=O)CC[C@@H](C)C2CCC3C4CC[C@@H]5C[C@H](O)CC[C@]5(C)C4C[C@H](O)[C@@]32C)cc1. The van der Waals surface area contributed by atoms with Crippen molar-refractivity contribution < 1.29 is 44.1 Å². The molecule has 10 heteroatoms. The van der Waals surface area contributed by atoms with Crippen LogP contribution in [0.25, 0.3) is 0 Å². The summed E-state index contributed by atoms with van der Waals surface area (Å²) in [6, 6.07) is 6.61. The van der Waals surface area contributed by atoms with Crippen LogP contribution < -0.4 is 5.48 Å². The summed E-state index contributed by atoms with van der Waals surface area (Å²) in [5, 5.41) is 30.8. The number of aliphatic hydroxyl groups is 2. The molecule has 4 aliphatic carbocycles. The van der Waals surface area contributed by atoms with Crippen molar-refractivity contribution in [1.82, 2.24) is 5.48 Å². The third-order valence-electron chi connectivity index (χ3n) is 13.8. The van der Waals surface area contributed by atoms with Gasteiger partial charge in [-0.3, -0.25) is 19.6 Å². The summed E-state index contributed by atoms with van der Waals surface area (Å²) in [4.78, 5) is 48.6. The Morgan fingerprint density at radius 2 is 1.65 bits per heavy atom. The molecular formula is C39H57NO9. The van der Waals surface area contributed by atoms with Crippen LogP contribution in [0.15, 0.2) is 24.3 Å². The zero-order chi connectivity index (χ0) is 35.5. The molecule has 1 aromatic rings. The van der Waals surface area contributed by atoms with Crippen LogP contribution in [-0.4, -0.2) is 58.1 Å². The molecule has 4 N–H and O–H groups in total. The van der Waals surface area contributed by atoms with Gasteiger partial charge in [-0.1, -0.05) is 32.9 Å². The molecule has 272 valence electrons. The molecule has 4 fully saturated rings. The maximum atomic E-state index is 12.7. The molecule has 5 unspecified atom stereocenters. The Morgan fingerprint density at radius 3 is 2.35 bits per heavy atom. The number of hydrogen-bond donors (Lipinski definition) is 4. The first-order valence-electron chi connectivity index (χ1n) is 18.5. The third-order valence-corrected chi connectivity index (χ3v) is 13.8. The van der Waals surface area contributed by atoms with E-state index < -0.39 is 30.6 Å². The summed E-state index contributed by atoms with van der Waals surface area (Å²) in [6.45, 7) is 7.92. The summed E-state index contributed by atoms with van der Waals surface area (Å²) < 4.78 is 10.5. The van der Waals surface area contributed by atoms with E-state index in [0.717, 1.165) is 44.1 Å². The van der Waals surface area contributed by atoms with Gasteiger partial charge < -0.3 is 19.7 Å². The highest BCUT2D eigenvalue weighted by Crippen LogP contribution is 2.68. The van der Waals surface area contributed by atoms with Crippen LogP contribution in [0.1, 0.15) is 121 Å². The smallest absolute Gasteiger partial charge is 0.340 e. The monoisotopic (exact) mass is 683 g/mol. The second-order valence-corrected chi connectivity index (χ2v) is 16.3. The molecule has 11 atom stereocenters. The molecule has 0 spiro atoms. The van der Waals surface area contributed by atoms with Crippen molar-refractivity contribution in [2.75, 3.05) is 6.79 Å². The number of rotatable bonds is 13. The van der Waals surface area contributed by atoms with Crippen molar-refractivity contribution in [3.63, 3.8) is 0 Å². The Labute approximate surface area is 290 Å². The number of fused-ring (bicyclic) bond motifs is 5. The second kappa shape index (κ2) is 15.6. The topological polar surface area (TPSA) is 159 Å². The normalized spacial score (nSPS) is 34.8. The largest absolute Gasteiger partial charge is 0.428 e. The van der Waals surface area contributed by atoms with Gasteiger partial charge in [0.1, 0.15) is 5.78 Å². The molecular weight excluding hydrogens is 626 g/mol. The number of carbonyl (C=O) groups is 4. The van der Waals surface area contributed by atoms with Crippen LogP contribution in [0.2, 0.25) is 0 Å². The van der Waals surface area contributed by atoms with E-state index in [1.54, 1.807) is 29.7 Å². The molecule has 0 aromatic heterocycles. The summed E-state index contributed by atoms with van der Waals surface area (Å²) in [5.41, 5.74) is 2.70. The maximum Gasteiger partial charge on any atom is 0.340 e. The summed E-state index contributed by atoms with van der Waals surface area (Å²) >= 11 is 0. The minimum absolute atomic E-state index is 0.0284. The average Bonchev–Trinajstić information content (AvgIpc) is 3.44. The van der Waals surface area contributed by atoms with Crippen molar-refractivity contribution in [2.24, 2.45) is 52.3 Å². The van der Waals surface area contributed by atoms with Crippen LogP contribution in [0.3, 0.4) is 0 Å². The quantitative estimate of drug-likeness (QED) is 0.0875. The third kappa shape index (κ3) is 7.91. The van der Waals surface area contributed by atoms with Crippen LogP contribution in [-0.2, 0) is 30.3 Å². The van der Waals surface area contributed by atoms with Crippen LogP contribution >= 0.6 is 0 Å². The Kier molecular flexibility index (Phi) is 11.9. The van der Waals surface area contributed by atoms with Gasteiger partial charge in [-0.05, 0) is 142 Å². The fraction of sp³-hybridized carbons (Fsp3) is 0.744. The van der Waals surface area contributed by atoms with Crippen molar-refractivity contribution in [3.8, 4) is 0 Å². The molecule has 5 rings (SSSR count). The Balaban J connectivity index is 1.06. The van der Waals surface area contributed by atoms with Crippen molar-refractivity contribution in [3.05, 3.63) is 35.4 Å². The molecule has 4 saturated carbocycles. The highest BCUT2D eigenvalue weighted by molar-refractivity contribution is 5.89. The first-order valence-corrected chi connectivity index (χ1v) is 18.5. The lowest BCUT2D eigenvalue weighted by atomic mass is 9.43. The number of esters is 2. The van der Waals surface area contributed by atoms with Crippen LogP contribution in [0, 0.1) is 52.3 Å². The molecule has 1 aromatic carbocycles. The molecule has 4 aliphatic rings. The summed E-state index contributed by atoms with van der Waals surface area (Å²) in [6.07, 6.45) is 9.25. The lowest BCUT2D eigenvalue weighted by molar-refractivity contribution is -0.175. The Hall–Kier alpha value is -2.82. The van der Waals surface area contributed by atoms with Gasteiger partial charge in [0.15, 0.2) is 0 Å². The number of carbonyl (C=O) groups excluding carboxylic acids is 4. The Morgan fingerprint density at radius 1 is 0.918 bits per heavy atom. The second-order valence-electron chi connectivity index (χ2n) is 16.3.